The summed E-state index contributed by atoms with van der Waals surface area (Å²) in [5.74, 6) is -0.711. The summed E-state index contributed by atoms with van der Waals surface area (Å²) in [6, 6.07) is 7.08. The number of halogens is 1. The van der Waals surface area contributed by atoms with E-state index in [-0.39, 0.29) is 11.5 Å². The van der Waals surface area contributed by atoms with Gasteiger partial charge in [-0.25, -0.2) is 4.39 Å². The second-order valence-corrected chi connectivity index (χ2v) is 2.80. The van der Waals surface area contributed by atoms with E-state index in [4.69, 9.17) is 0 Å². The Hall–Kier alpha value is -1.97. The molecule has 0 aliphatic heterocycles. The number of ketones is 1. The Balaban J connectivity index is 2.37. The highest BCUT2D eigenvalue weighted by molar-refractivity contribution is 6.07. The van der Waals surface area contributed by atoms with E-state index >= 15 is 0 Å². The molecule has 2 rings (SSSR count). The number of aromatic nitrogens is 2. The number of hydrogen-bond acceptors (Lipinski definition) is 2. The molecule has 0 spiro atoms. The largest absolute Gasteiger partial charge is 0.287 e. The van der Waals surface area contributed by atoms with Crippen LogP contribution in [0.2, 0.25) is 0 Å². The van der Waals surface area contributed by atoms with Gasteiger partial charge < -0.3 is 0 Å². The molecule has 70 valence electrons. The van der Waals surface area contributed by atoms with Crippen LogP contribution in [0.5, 0.6) is 0 Å². The molecular formula is C10H7FN2O. The Morgan fingerprint density at radius 3 is 2.86 bits per heavy atom. The molecule has 3 nitrogen and oxygen atoms in total. The molecule has 1 aromatic heterocycles. The molecule has 0 fully saturated rings. The van der Waals surface area contributed by atoms with Crippen LogP contribution in [-0.4, -0.2) is 16.0 Å². The van der Waals surface area contributed by atoms with Crippen molar-refractivity contribution < 1.29 is 9.18 Å². The summed E-state index contributed by atoms with van der Waals surface area (Å²) >= 11 is 0. The van der Waals surface area contributed by atoms with Gasteiger partial charge in [-0.1, -0.05) is 12.1 Å². The van der Waals surface area contributed by atoms with Gasteiger partial charge in [-0.3, -0.25) is 9.89 Å². The summed E-state index contributed by atoms with van der Waals surface area (Å²) < 4.78 is 12.8. The summed E-state index contributed by atoms with van der Waals surface area (Å²) in [7, 11) is 0. The average Bonchev–Trinajstić information content (AvgIpc) is 2.69. The van der Waals surface area contributed by atoms with Crippen molar-refractivity contribution in [3.63, 3.8) is 0 Å². The summed E-state index contributed by atoms with van der Waals surface area (Å²) in [6.45, 7) is 0. The molecule has 1 aromatic carbocycles. The summed E-state index contributed by atoms with van der Waals surface area (Å²) in [5.41, 5.74) is 0.590. The maximum absolute atomic E-state index is 12.8. The van der Waals surface area contributed by atoms with Crippen molar-refractivity contribution in [1.82, 2.24) is 10.2 Å². The molecule has 0 amide bonds. The molecule has 0 atom stereocenters. The van der Waals surface area contributed by atoms with Gasteiger partial charge in [0.05, 0.1) is 0 Å². The zero-order chi connectivity index (χ0) is 9.97. The van der Waals surface area contributed by atoms with Crippen LogP contribution in [0.15, 0.2) is 36.5 Å². The maximum Gasteiger partial charge on any atom is 0.213 e. The van der Waals surface area contributed by atoms with Crippen molar-refractivity contribution in [3.05, 3.63) is 53.6 Å². The Labute approximate surface area is 79.6 Å². The average molecular weight is 190 g/mol. The molecule has 0 saturated heterocycles. The molecule has 0 saturated carbocycles. The van der Waals surface area contributed by atoms with Gasteiger partial charge in [-0.2, -0.15) is 5.10 Å². The molecule has 14 heavy (non-hydrogen) atoms. The van der Waals surface area contributed by atoms with E-state index < -0.39 is 5.82 Å². The molecule has 0 unspecified atom stereocenters. The van der Waals surface area contributed by atoms with E-state index in [1.165, 1.54) is 18.2 Å². The summed E-state index contributed by atoms with van der Waals surface area (Å²) in [5, 5.41) is 6.26. The van der Waals surface area contributed by atoms with Crippen LogP contribution in [0.25, 0.3) is 0 Å². The molecule has 0 aliphatic carbocycles. The normalized spacial score (nSPS) is 10.1. The third-order valence-corrected chi connectivity index (χ3v) is 1.82. The highest BCUT2D eigenvalue weighted by atomic mass is 19.1. The van der Waals surface area contributed by atoms with Crippen molar-refractivity contribution in [1.29, 1.82) is 0 Å². The van der Waals surface area contributed by atoms with Crippen LogP contribution in [-0.2, 0) is 0 Å². The van der Waals surface area contributed by atoms with Gasteiger partial charge in [0.2, 0.25) is 5.78 Å². The van der Waals surface area contributed by atoms with Crippen LogP contribution < -0.4 is 0 Å². The summed E-state index contributed by atoms with van der Waals surface area (Å²) in [6.07, 6.45) is 1.55. The van der Waals surface area contributed by atoms with Gasteiger partial charge in [0, 0.05) is 11.8 Å². The number of hydrogen-bond donors (Lipinski definition) is 1. The number of aromatic amines is 1. The van der Waals surface area contributed by atoms with Crippen LogP contribution in [0.1, 0.15) is 16.1 Å². The Bertz CT molecular complexity index is 451. The molecule has 1 N–H and O–H groups in total. The van der Waals surface area contributed by atoms with Gasteiger partial charge in [0.15, 0.2) is 0 Å². The van der Waals surface area contributed by atoms with Crippen molar-refractivity contribution in [2.45, 2.75) is 0 Å². The van der Waals surface area contributed by atoms with Gasteiger partial charge in [0.1, 0.15) is 11.5 Å². The fraction of sp³-hybridized carbons (Fsp3) is 0. The van der Waals surface area contributed by atoms with Crippen LogP contribution in [0.4, 0.5) is 4.39 Å². The van der Waals surface area contributed by atoms with E-state index in [9.17, 15) is 9.18 Å². The number of carbonyl (C=O) groups is 1. The third-order valence-electron chi connectivity index (χ3n) is 1.82. The molecule has 4 heteroatoms. The lowest BCUT2D eigenvalue weighted by atomic mass is 10.1. The number of H-pyrrole nitrogens is 1. The number of rotatable bonds is 2. The third kappa shape index (κ3) is 1.54. The highest BCUT2D eigenvalue weighted by Crippen LogP contribution is 2.08. The van der Waals surface area contributed by atoms with Gasteiger partial charge in [-0.15, -0.1) is 0 Å². The zero-order valence-electron chi connectivity index (χ0n) is 7.20. The first kappa shape index (κ1) is 8.62. The quantitative estimate of drug-likeness (QED) is 0.733. The lowest BCUT2D eigenvalue weighted by Gasteiger charge is -1.96. The Morgan fingerprint density at radius 2 is 2.21 bits per heavy atom. The lowest BCUT2D eigenvalue weighted by molar-refractivity contribution is 0.103. The van der Waals surface area contributed by atoms with Crippen LogP contribution in [0.3, 0.4) is 0 Å². The molecule has 0 bridgehead atoms. The first-order valence-corrected chi connectivity index (χ1v) is 4.07. The first-order valence-electron chi connectivity index (χ1n) is 4.07. The lowest BCUT2D eigenvalue weighted by Crippen LogP contribution is -2.01. The topological polar surface area (TPSA) is 45.8 Å². The van der Waals surface area contributed by atoms with Crippen molar-refractivity contribution in [2.24, 2.45) is 0 Å². The van der Waals surface area contributed by atoms with Gasteiger partial charge in [0.25, 0.3) is 0 Å². The predicted molar refractivity (Wildman–Crippen MR) is 48.4 cm³/mol. The SMILES string of the molecule is O=C(c1cccc(F)c1)c1cc[nH]n1. The van der Waals surface area contributed by atoms with Gasteiger partial charge in [-0.05, 0) is 18.2 Å². The number of nitrogens with one attached hydrogen (secondary N) is 1. The highest BCUT2D eigenvalue weighted by Gasteiger charge is 2.10. The van der Waals surface area contributed by atoms with E-state index in [0.29, 0.717) is 5.56 Å². The molecule has 2 aromatic rings. The second kappa shape index (κ2) is 3.41. The molecule has 1 heterocycles. The van der Waals surface area contributed by atoms with Gasteiger partial charge >= 0.3 is 0 Å². The predicted octanol–water partition coefficient (Wildman–Crippen LogP) is 1.78. The smallest absolute Gasteiger partial charge is 0.213 e. The minimum atomic E-state index is -0.425. The molecular weight excluding hydrogens is 183 g/mol. The van der Waals surface area contributed by atoms with Crippen LogP contribution in [0, 0.1) is 5.82 Å². The monoisotopic (exact) mass is 190 g/mol. The van der Waals surface area contributed by atoms with Crippen LogP contribution >= 0.6 is 0 Å². The Morgan fingerprint density at radius 1 is 1.36 bits per heavy atom. The first-order chi connectivity index (χ1) is 6.77. The standard InChI is InChI=1S/C10H7FN2O/c11-8-3-1-2-7(6-8)10(14)9-4-5-12-13-9/h1-6H,(H,12,13). The molecule has 0 radical (unpaired) electrons. The fourth-order valence-electron chi connectivity index (χ4n) is 1.16. The van der Waals surface area contributed by atoms with E-state index in [2.05, 4.69) is 10.2 Å². The van der Waals surface area contributed by atoms with Crippen molar-refractivity contribution in [3.8, 4) is 0 Å². The Kier molecular flexibility index (Phi) is 2.10. The number of benzene rings is 1. The number of nitrogens with zero attached hydrogens (tertiary/aromatic N) is 1. The maximum atomic E-state index is 12.8. The minimum absolute atomic E-state index is 0.286. The fourth-order valence-corrected chi connectivity index (χ4v) is 1.16. The van der Waals surface area contributed by atoms with E-state index in [0.717, 1.165) is 0 Å². The summed E-state index contributed by atoms with van der Waals surface area (Å²) in [4.78, 5) is 11.6. The van der Waals surface area contributed by atoms with E-state index in [1.54, 1.807) is 18.3 Å². The van der Waals surface area contributed by atoms with Crippen molar-refractivity contribution >= 4 is 5.78 Å². The second-order valence-electron chi connectivity index (χ2n) is 2.80. The minimum Gasteiger partial charge on any atom is -0.287 e. The number of carbonyl (C=O) groups excluding carboxylic acids is 1. The van der Waals surface area contributed by atoms with Crippen molar-refractivity contribution in [2.75, 3.05) is 0 Å². The molecule has 0 aliphatic rings. The van der Waals surface area contributed by atoms with E-state index in [1.807, 2.05) is 0 Å². The zero-order valence-corrected chi connectivity index (χ0v) is 7.20.